The second kappa shape index (κ2) is 6.54. The van der Waals surface area contributed by atoms with E-state index in [1.807, 2.05) is 6.07 Å². The molecule has 6 heteroatoms. The number of carbonyl (C=O) groups is 1. The second-order valence-electron chi connectivity index (χ2n) is 5.47. The minimum Gasteiger partial charge on any atom is -0.370 e. The Bertz CT molecular complexity index is 725. The van der Waals surface area contributed by atoms with Crippen LogP contribution in [0.15, 0.2) is 36.4 Å². The van der Waals surface area contributed by atoms with Crippen molar-refractivity contribution >= 4 is 28.9 Å². The molecule has 2 aromatic rings. The summed E-state index contributed by atoms with van der Waals surface area (Å²) in [6.45, 7) is 1.80. The first kappa shape index (κ1) is 15.7. The van der Waals surface area contributed by atoms with Crippen LogP contribution < -0.4 is 10.2 Å². The average Bonchev–Trinajstić information content (AvgIpc) is 3.00. The lowest BCUT2D eigenvalue weighted by molar-refractivity contribution is 0.102. The van der Waals surface area contributed by atoms with Gasteiger partial charge in [0.05, 0.1) is 11.4 Å². The van der Waals surface area contributed by atoms with Gasteiger partial charge in [-0.2, -0.15) is 0 Å². The molecule has 0 aliphatic carbocycles. The summed E-state index contributed by atoms with van der Waals surface area (Å²) in [5.74, 6) is -2.16. The number of rotatable bonds is 3. The van der Waals surface area contributed by atoms with Crippen molar-refractivity contribution in [1.82, 2.24) is 0 Å². The minimum absolute atomic E-state index is 0.0742. The fraction of sp³-hybridized carbons (Fsp3) is 0.235. The number of hydrogen-bond donors (Lipinski definition) is 1. The molecule has 1 fully saturated rings. The number of nitrogens with zero attached hydrogens (tertiary/aromatic N) is 1. The van der Waals surface area contributed by atoms with Gasteiger partial charge in [0.25, 0.3) is 5.91 Å². The zero-order chi connectivity index (χ0) is 16.4. The normalized spacial score (nSPS) is 14.1. The van der Waals surface area contributed by atoms with Crippen molar-refractivity contribution in [1.29, 1.82) is 0 Å². The standard InChI is InChI=1S/C17H15ClF2N2O/c18-12-3-4-16(22-5-1-2-6-22)15(9-12)21-17(23)11-7-13(19)10-14(20)8-11/h3-4,7-10H,1-2,5-6H2,(H,21,23). The van der Waals surface area contributed by atoms with E-state index in [1.165, 1.54) is 0 Å². The van der Waals surface area contributed by atoms with Gasteiger partial charge in [0, 0.05) is 29.7 Å². The molecular weight excluding hydrogens is 322 g/mol. The van der Waals surface area contributed by atoms with Crippen LogP contribution in [0.1, 0.15) is 23.2 Å². The number of halogens is 3. The molecule has 0 saturated carbocycles. The molecule has 1 amide bonds. The number of nitrogens with one attached hydrogen (secondary N) is 1. The lowest BCUT2D eigenvalue weighted by Crippen LogP contribution is -2.21. The molecule has 1 heterocycles. The van der Waals surface area contributed by atoms with Gasteiger partial charge in [-0.05, 0) is 43.2 Å². The maximum Gasteiger partial charge on any atom is 0.255 e. The summed E-state index contributed by atoms with van der Waals surface area (Å²) in [7, 11) is 0. The highest BCUT2D eigenvalue weighted by Crippen LogP contribution is 2.32. The third-order valence-electron chi connectivity index (χ3n) is 3.78. The Labute approximate surface area is 137 Å². The first-order valence-corrected chi connectivity index (χ1v) is 7.73. The summed E-state index contributed by atoms with van der Waals surface area (Å²) < 4.78 is 26.5. The summed E-state index contributed by atoms with van der Waals surface area (Å²) in [6, 6.07) is 7.97. The second-order valence-corrected chi connectivity index (χ2v) is 5.90. The molecule has 3 rings (SSSR count). The number of benzene rings is 2. The smallest absolute Gasteiger partial charge is 0.255 e. The van der Waals surface area contributed by atoms with Gasteiger partial charge in [-0.15, -0.1) is 0 Å². The molecule has 0 aromatic heterocycles. The highest BCUT2D eigenvalue weighted by atomic mass is 35.5. The molecule has 120 valence electrons. The topological polar surface area (TPSA) is 32.3 Å². The van der Waals surface area contributed by atoms with Crippen molar-refractivity contribution in [3.63, 3.8) is 0 Å². The predicted molar refractivity (Wildman–Crippen MR) is 87.2 cm³/mol. The zero-order valence-electron chi connectivity index (χ0n) is 12.3. The summed E-state index contributed by atoms with van der Waals surface area (Å²) in [5, 5.41) is 3.18. The number of amides is 1. The summed E-state index contributed by atoms with van der Waals surface area (Å²) in [4.78, 5) is 14.4. The van der Waals surface area contributed by atoms with Crippen LogP contribution in [0, 0.1) is 11.6 Å². The highest BCUT2D eigenvalue weighted by Gasteiger charge is 2.18. The molecule has 1 aliphatic heterocycles. The molecule has 3 nitrogen and oxygen atoms in total. The highest BCUT2D eigenvalue weighted by molar-refractivity contribution is 6.31. The van der Waals surface area contributed by atoms with Crippen molar-refractivity contribution in [3.8, 4) is 0 Å². The van der Waals surface area contributed by atoms with E-state index in [0.717, 1.165) is 49.8 Å². The Kier molecular flexibility index (Phi) is 4.48. The SMILES string of the molecule is O=C(Nc1cc(Cl)ccc1N1CCCC1)c1cc(F)cc(F)c1. The molecule has 0 atom stereocenters. The van der Waals surface area contributed by atoms with Gasteiger partial charge in [0.15, 0.2) is 0 Å². The lowest BCUT2D eigenvalue weighted by atomic mass is 10.2. The largest absolute Gasteiger partial charge is 0.370 e. The fourth-order valence-electron chi connectivity index (χ4n) is 2.72. The molecule has 23 heavy (non-hydrogen) atoms. The fourth-order valence-corrected chi connectivity index (χ4v) is 2.89. The molecular formula is C17H15ClF2N2O. The third-order valence-corrected chi connectivity index (χ3v) is 4.01. The van der Waals surface area contributed by atoms with E-state index in [-0.39, 0.29) is 5.56 Å². The van der Waals surface area contributed by atoms with Crippen LogP contribution in [0.5, 0.6) is 0 Å². The first-order chi connectivity index (χ1) is 11.0. The first-order valence-electron chi connectivity index (χ1n) is 7.35. The van der Waals surface area contributed by atoms with Crippen molar-refractivity contribution < 1.29 is 13.6 Å². The molecule has 2 aromatic carbocycles. The van der Waals surface area contributed by atoms with Crippen LogP contribution in [0.25, 0.3) is 0 Å². The number of anilines is 2. The van der Waals surface area contributed by atoms with Crippen LogP contribution in [0.3, 0.4) is 0 Å². The molecule has 0 unspecified atom stereocenters. The third kappa shape index (κ3) is 3.62. The number of hydrogen-bond acceptors (Lipinski definition) is 2. The molecule has 1 aliphatic rings. The Balaban J connectivity index is 1.89. The monoisotopic (exact) mass is 336 g/mol. The van der Waals surface area contributed by atoms with E-state index in [2.05, 4.69) is 10.2 Å². The summed E-state index contributed by atoms with van der Waals surface area (Å²) in [6.07, 6.45) is 2.18. The van der Waals surface area contributed by atoms with Gasteiger partial charge in [0.2, 0.25) is 0 Å². The van der Waals surface area contributed by atoms with Gasteiger partial charge in [-0.1, -0.05) is 11.6 Å². The van der Waals surface area contributed by atoms with Gasteiger partial charge < -0.3 is 10.2 Å². The lowest BCUT2D eigenvalue weighted by Gasteiger charge is -2.22. The maximum absolute atomic E-state index is 13.3. The van der Waals surface area contributed by atoms with Crippen molar-refractivity contribution in [3.05, 3.63) is 58.6 Å². The van der Waals surface area contributed by atoms with E-state index in [1.54, 1.807) is 12.1 Å². The van der Waals surface area contributed by atoms with Gasteiger partial charge in [0.1, 0.15) is 11.6 Å². The zero-order valence-corrected chi connectivity index (χ0v) is 13.0. The van der Waals surface area contributed by atoms with Gasteiger partial charge >= 0.3 is 0 Å². The molecule has 1 saturated heterocycles. The molecule has 0 bridgehead atoms. The van der Waals surface area contributed by atoms with Crippen LogP contribution in [0.2, 0.25) is 5.02 Å². The quantitative estimate of drug-likeness (QED) is 0.896. The van der Waals surface area contributed by atoms with Crippen molar-refractivity contribution in [2.24, 2.45) is 0 Å². The maximum atomic E-state index is 13.3. The van der Waals surface area contributed by atoms with Crippen LogP contribution in [-0.4, -0.2) is 19.0 Å². The molecule has 0 radical (unpaired) electrons. The Morgan fingerprint density at radius 1 is 1.04 bits per heavy atom. The summed E-state index contributed by atoms with van der Waals surface area (Å²) >= 11 is 6.01. The molecule has 0 spiro atoms. The van der Waals surface area contributed by atoms with Crippen LogP contribution >= 0.6 is 11.6 Å². The predicted octanol–water partition coefficient (Wildman–Crippen LogP) is 4.47. The van der Waals surface area contributed by atoms with E-state index in [9.17, 15) is 13.6 Å². The van der Waals surface area contributed by atoms with Crippen molar-refractivity contribution in [2.45, 2.75) is 12.8 Å². The van der Waals surface area contributed by atoms with E-state index < -0.39 is 17.5 Å². The van der Waals surface area contributed by atoms with E-state index in [0.29, 0.717) is 10.7 Å². The van der Waals surface area contributed by atoms with E-state index >= 15 is 0 Å². The van der Waals surface area contributed by atoms with Crippen molar-refractivity contribution in [2.75, 3.05) is 23.3 Å². The van der Waals surface area contributed by atoms with Gasteiger partial charge in [-0.25, -0.2) is 8.78 Å². The Morgan fingerprint density at radius 2 is 1.70 bits per heavy atom. The Morgan fingerprint density at radius 3 is 2.35 bits per heavy atom. The Hall–Kier alpha value is -2.14. The minimum atomic E-state index is -0.791. The van der Waals surface area contributed by atoms with Gasteiger partial charge in [-0.3, -0.25) is 4.79 Å². The van der Waals surface area contributed by atoms with Crippen LogP contribution in [-0.2, 0) is 0 Å². The average molecular weight is 337 g/mol. The molecule has 1 N–H and O–H groups in total. The number of carbonyl (C=O) groups excluding carboxylic acids is 1. The van der Waals surface area contributed by atoms with E-state index in [4.69, 9.17) is 11.6 Å². The van der Waals surface area contributed by atoms with Crippen LogP contribution in [0.4, 0.5) is 20.2 Å². The summed E-state index contributed by atoms with van der Waals surface area (Å²) in [5.41, 5.74) is 1.32.